The first kappa shape index (κ1) is 16.3. The third-order valence-corrected chi connectivity index (χ3v) is 3.55. The summed E-state index contributed by atoms with van der Waals surface area (Å²) in [7, 11) is 0. The zero-order chi connectivity index (χ0) is 15.6. The van der Waals surface area contributed by atoms with E-state index >= 15 is 0 Å². The summed E-state index contributed by atoms with van der Waals surface area (Å²) >= 11 is 0. The molecular weight excluding hydrogens is 282 g/mol. The monoisotopic (exact) mass is 305 g/mol. The summed E-state index contributed by atoms with van der Waals surface area (Å²) in [6.07, 6.45) is 2.28. The number of hydrogen-bond acceptors (Lipinski definition) is 4. The van der Waals surface area contributed by atoms with Crippen molar-refractivity contribution >= 4 is 11.8 Å². The van der Waals surface area contributed by atoms with Crippen molar-refractivity contribution in [3.63, 3.8) is 0 Å². The fourth-order valence-electron chi connectivity index (χ4n) is 2.31. The predicted octanol–water partition coefficient (Wildman–Crippen LogP) is 0.297. The van der Waals surface area contributed by atoms with Crippen LogP contribution in [0.4, 0.5) is 0 Å². The number of rotatable bonds is 7. The van der Waals surface area contributed by atoms with Gasteiger partial charge in [0.2, 0.25) is 5.91 Å². The van der Waals surface area contributed by atoms with Crippen molar-refractivity contribution in [1.82, 2.24) is 16.0 Å². The number of ether oxygens (including phenoxy) is 1. The number of carbonyl (C=O) groups is 2. The Bertz CT molecular complexity index is 473. The number of hydrogen-bond donors (Lipinski definition) is 3. The molecule has 1 heterocycles. The zero-order valence-corrected chi connectivity index (χ0v) is 12.6. The highest BCUT2D eigenvalue weighted by Gasteiger charge is 2.14. The zero-order valence-electron chi connectivity index (χ0n) is 12.6. The molecule has 0 aromatic heterocycles. The molecule has 0 aliphatic carbocycles. The molecule has 1 aliphatic rings. The van der Waals surface area contributed by atoms with Crippen molar-refractivity contribution in [2.24, 2.45) is 5.92 Å². The van der Waals surface area contributed by atoms with E-state index in [0.717, 1.165) is 25.9 Å². The van der Waals surface area contributed by atoms with E-state index in [4.69, 9.17) is 4.74 Å². The Balaban J connectivity index is 1.56. The van der Waals surface area contributed by atoms with E-state index < -0.39 is 0 Å². The van der Waals surface area contributed by atoms with Crippen molar-refractivity contribution in [1.29, 1.82) is 0 Å². The minimum Gasteiger partial charge on any atom is -0.484 e. The number of carbonyl (C=O) groups excluding carboxylic acids is 2. The highest BCUT2D eigenvalue weighted by Crippen LogP contribution is 2.08. The maximum absolute atomic E-state index is 11.7. The fourth-order valence-corrected chi connectivity index (χ4v) is 2.31. The van der Waals surface area contributed by atoms with E-state index in [1.54, 1.807) is 12.1 Å². The predicted molar refractivity (Wildman–Crippen MR) is 83.6 cm³/mol. The molecule has 2 amide bonds. The Morgan fingerprint density at radius 1 is 1.18 bits per heavy atom. The molecule has 6 heteroatoms. The van der Waals surface area contributed by atoms with Crippen LogP contribution in [-0.2, 0) is 9.59 Å². The van der Waals surface area contributed by atoms with Crippen molar-refractivity contribution in [3.8, 4) is 5.75 Å². The van der Waals surface area contributed by atoms with E-state index in [0.29, 0.717) is 18.2 Å². The maximum atomic E-state index is 11.7. The molecule has 2 rings (SSSR count). The van der Waals surface area contributed by atoms with E-state index in [-0.39, 0.29) is 25.0 Å². The molecule has 0 saturated carbocycles. The molecule has 1 aliphatic heterocycles. The third-order valence-electron chi connectivity index (χ3n) is 3.55. The molecule has 22 heavy (non-hydrogen) atoms. The Hall–Kier alpha value is -2.08. The second-order valence-corrected chi connectivity index (χ2v) is 5.39. The van der Waals surface area contributed by atoms with Crippen LogP contribution in [-0.4, -0.2) is 44.6 Å². The van der Waals surface area contributed by atoms with E-state index in [9.17, 15) is 9.59 Å². The lowest BCUT2D eigenvalue weighted by molar-refractivity contribution is -0.127. The Morgan fingerprint density at radius 3 is 2.73 bits per heavy atom. The number of piperidine rings is 1. The quantitative estimate of drug-likeness (QED) is 0.677. The van der Waals surface area contributed by atoms with Gasteiger partial charge in [-0.1, -0.05) is 18.2 Å². The van der Waals surface area contributed by atoms with Crippen LogP contribution in [0.1, 0.15) is 12.8 Å². The van der Waals surface area contributed by atoms with Crippen LogP contribution in [0.2, 0.25) is 0 Å². The van der Waals surface area contributed by atoms with Gasteiger partial charge in [-0.25, -0.2) is 0 Å². The molecule has 1 unspecified atom stereocenters. The number of nitrogens with one attached hydrogen (secondary N) is 3. The van der Waals surface area contributed by atoms with Gasteiger partial charge in [0, 0.05) is 6.54 Å². The molecule has 0 radical (unpaired) electrons. The fraction of sp³-hybridized carbons (Fsp3) is 0.500. The molecule has 1 fully saturated rings. The Kier molecular flexibility index (Phi) is 6.70. The SMILES string of the molecule is O=C(CNC(=O)COc1ccccc1)NCC1CCCNC1. The first-order chi connectivity index (χ1) is 10.7. The van der Waals surface area contributed by atoms with Gasteiger partial charge in [-0.15, -0.1) is 0 Å². The number of benzene rings is 1. The molecule has 1 atom stereocenters. The van der Waals surface area contributed by atoms with Crippen LogP contribution in [0.3, 0.4) is 0 Å². The highest BCUT2D eigenvalue weighted by molar-refractivity contribution is 5.85. The minimum absolute atomic E-state index is 0.0167. The highest BCUT2D eigenvalue weighted by atomic mass is 16.5. The molecule has 0 bridgehead atoms. The lowest BCUT2D eigenvalue weighted by Gasteiger charge is -2.22. The minimum atomic E-state index is -0.307. The van der Waals surface area contributed by atoms with Crippen LogP contribution >= 0.6 is 0 Å². The van der Waals surface area contributed by atoms with Gasteiger partial charge < -0.3 is 20.7 Å². The normalized spacial score (nSPS) is 17.5. The van der Waals surface area contributed by atoms with Gasteiger partial charge in [0.25, 0.3) is 5.91 Å². The first-order valence-corrected chi connectivity index (χ1v) is 7.66. The molecule has 1 aromatic rings. The lowest BCUT2D eigenvalue weighted by Crippen LogP contribution is -2.42. The largest absolute Gasteiger partial charge is 0.484 e. The number of para-hydroxylation sites is 1. The van der Waals surface area contributed by atoms with Crippen LogP contribution < -0.4 is 20.7 Å². The Labute approximate surface area is 130 Å². The summed E-state index contributed by atoms with van der Waals surface area (Å²) in [5.41, 5.74) is 0. The van der Waals surface area contributed by atoms with E-state index in [1.165, 1.54) is 0 Å². The molecule has 120 valence electrons. The van der Waals surface area contributed by atoms with Gasteiger partial charge in [-0.2, -0.15) is 0 Å². The van der Waals surface area contributed by atoms with Crippen LogP contribution in [0.25, 0.3) is 0 Å². The molecular formula is C16H23N3O3. The van der Waals surface area contributed by atoms with Gasteiger partial charge in [0.05, 0.1) is 6.54 Å². The van der Waals surface area contributed by atoms with Crippen molar-refractivity contribution in [2.75, 3.05) is 32.8 Å². The summed E-state index contributed by atoms with van der Waals surface area (Å²) < 4.78 is 5.30. The topological polar surface area (TPSA) is 79.5 Å². The number of amides is 2. The van der Waals surface area contributed by atoms with Gasteiger partial charge in [0.15, 0.2) is 6.61 Å². The smallest absolute Gasteiger partial charge is 0.258 e. The van der Waals surface area contributed by atoms with Gasteiger partial charge >= 0.3 is 0 Å². The summed E-state index contributed by atoms with van der Waals surface area (Å²) in [4.78, 5) is 23.3. The molecule has 3 N–H and O–H groups in total. The molecule has 1 saturated heterocycles. The standard InChI is InChI=1S/C16H23N3O3/c20-15(18-10-13-5-4-8-17-9-13)11-19-16(21)12-22-14-6-2-1-3-7-14/h1-3,6-7,13,17H,4-5,8-12H2,(H,18,20)(H,19,21). The lowest BCUT2D eigenvalue weighted by atomic mass is 10.00. The van der Waals surface area contributed by atoms with Crippen molar-refractivity contribution in [2.45, 2.75) is 12.8 Å². The molecule has 1 aromatic carbocycles. The van der Waals surface area contributed by atoms with Crippen LogP contribution in [0, 0.1) is 5.92 Å². The Morgan fingerprint density at radius 2 is 2.00 bits per heavy atom. The average Bonchev–Trinajstić information content (AvgIpc) is 2.58. The second-order valence-electron chi connectivity index (χ2n) is 5.39. The molecule has 0 spiro atoms. The van der Waals surface area contributed by atoms with E-state index in [1.807, 2.05) is 18.2 Å². The van der Waals surface area contributed by atoms with Gasteiger partial charge in [-0.3, -0.25) is 9.59 Å². The summed E-state index contributed by atoms with van der Waals surface area (Å²) in [6, 6.07) is 9.09. The van der Waals surface area contributed by atoms with Crippen molar-refractivity contribution in [3.05, 3.63) is 30.3 Å². The van der Waals surface area contributed by atoms with Gasteiger partial charge in [0.1, 0.15) is 5.75 Å². The second kappa shape index (κ2) is 9.04. The van der Waals surface area contributed by atoms with Crippen LogP contribution in [0.15, 0.2) is 30.3 Å². The maximum Gasteiger partial charge on any atom is 0.258 e. The summed E-state index contributed by atoms with van der Waals surface area (Å²) in [6.45, 7) is 2.54. The van der Waals surface area contributed by atoms with Crippen LogP contribution in [0.5, 0.6) is 5.75 Å². The van der Waals surface area contributed by atoms with E-state index in [2.05, 4.69) is 16.0 Å². The summed E-state index contributed by atoms with van der Waals surface area (Å²) in [5, 5.41) is 8.70. The first-order valence-electron chi connectivity index (χ1n) is 7.66. The van der Waals surface area contributed by atoms with Crippen molar-refractivity contribution < 1.29 is 14.3 Å². The molecule has 6 nitrogen and oxygen atoms in total. The third kappa shape index (κ3) is 6.13. The van der Waals surface area contributed by atoms with Gasteiger partial charge in [-0.05, 0) is 44.0 Å². The summed E-state index contributed by atoms with van der Waals surface area (Å²) in [5.74, 6) is 0.638. The average molecular weight is 305 g/mol.